The predicted octanol–water partition coefficient (Wildman–Crippen LogP) is 5.65. The molecule has 1 saturated heterocycles. The van der Waals surface area contributed by atoms with Crippen LogP contribution in [0.1, 0.15) is 18.1 Å². The lowest BCUT2D eigenvalue weighted by Gasteiger charge is -2.26. The normalized spacial score (nSPS) is 14.2. The number of carbonyl (C=O) groups excluding carboxylic acids is 3. The van der Waals surface area contributed by atoms with Gasteiger partial charge in [0.15, 0.2) is 11.5 Å². The van der Waals surface area contributed by atoms with E-state index in [1.807, 2.05) is 18.2 Å². The number of anilines is 1. The molecule has 0 radical (unpaired) electrons. The summed E-state index contributed by atoms with van der Waals surface area (Å²) in [6.07, 6.45) is 6.58. The van der Waals surface area contributed by atoms with E-state index in [2.05, 4.69) is 11.2 Å². The molecule has 1 aliphatic heterocycles. The van der Waals surface area contributed by atoms with Gasteiger partial charge in [-0.25, -0.2) is 9.69 Å². The van der Waals surface area contributed by atoms with Gasteiger partial charge in [-0.3, -0.25) is 14.9 Å². The van der Waals surface area contributed by atoms with Gasteiger partial charge in [0.2, 0.25) is 0 Å². The van der Waals surface area contributed by atoms with Crippen LogP contribution in [0.2, 0.25) is 10.0 Å². The molecule has 0 spiro atoms. The third-order valence-electron chi connectivity index (χ3n) is 5.49. The van der Waals surface area contributed by atoms with E-state index in [1.54, 1.807) is 31.2 Å². The lowest BCUT2D eigenvalue weighted by atomic mass is 10.1. The number of rotatable bonds is 9. The first-order valence-electron chi connectivity index (χ1n) is 11.7. The summed E-state index contributed by atoms with van der Waals surface area (Å²) in [5, 5.41) is 2.95. The number of amides is 4. The molecule has 0 aromatic heterocycles. The number of nitrogens with zero attached hydrogens (tertiary/aromatic N) is 1. The summed E-state index contributed by atoms with van der Waals surface area (Å²) in [6, 6.07) is 15.8. The molecule has 1 N–H and O–H groups in total. The summed E-state index contributed by atoms with van der Waals surface area (Å²) >= 11 is 12.5. The fourth-order valence-corrected chi connectivity index (χ4v) is 4.18. The number of hydrogen-bond acceptors (Lipinski definition) is 6. The number of barbiturate groups is 1. The molecule has 8 nitrogen and oxygen atoms in total. The van der Waals surface area contributed by atoms with Gasteiger partial charge in [0.1, 0.15) is 24.5 Å². The number of imide groups is 2. The van der Waals surface area contributed by atoms with E-state index >= 15 is 0 Å². The van der Waals surface area contributed by atoms with Crippen LogP contribution in [0, 0.1) is 12.3 Å². The van der Waals surface area contributed by atoms with Gasteiger partial charge in [-0.05, 0) is 61.0 Å². The summed E-state index contributed by atoms with van der Waals surface area (Å²) in [5.41, 5.74) is 1.16. The Labute approximate surface area is 235 Å². The Morgan fingerprint density at radius 2 is 1.72 bits per heavy atom. The molecule has 10 heteroatoms. The number of benzene rings is 3. The average Bonchev–Trinajstić information content (AvgIpc) is 2.91. The lowest BCUT2D eigenvalue weighted by molar-refractivity contribution is -0.122. The summed E-state index contributed by atoms with van der Waals surface area (Å²) in [6.45, 7) is 2.30. The fraction of sp³-hybridized carbons (Fsp3) is 0.138. The Morgan fingerprint density at radius 1 is 0.974 bits per heavy atom. The van der Waals surface area contributed by atoms with Crippen LogP contribution in [-0.2, 0) is 16.2 Å². The molecule has 0 bridgehead atoms. The molecule has 1 heterocycles. The van der Waals surface area contributed by atoms with Crippen molar-refractivity contribution in [2.75, 3.05) is 18.1 Å². The van der Waals surface area contributed by atoms with E-state index < -0.39 is 17.8 Å². The van der Waals surface area contributed by atoms with Crippen molar-refractivity contribution in [1.82, 2.24) is 5.32 Å². The topological polar surface area (TPSA) is 94.2 Å². The van der Waals surface area contributed by atoms with Crippen LogP contribution < -0.4 is 24.4 Å². The zero-order chi connectivity index (χ0) is 27.9. The maximum atomic E-state index is 13.3. The molecular formula is C29H22Cl2N2O6. The van der Waals surface area contributed by atoms with Gasteiger partial charge in [0.25, 0.3) is 11.8 Å². The minimum atomic E-state index is -0.877. The van der Waals surface area contributed by atoms with Crippen LogP contribution >= 0.6 is 23.2 Å². The van der Waals surface area contributed by atoms with Crippen molar-refractivity contribution >= 4 is 52.8 Å². The van der Waals surface area contributed by atoms with Crippen LogP contribution in [0.15, 0.2) is 66.2 Å². The number of nitrogens with one attached hydrogen (secondary N) is 1. The quantitative estimate of drug-likeness (QED) is 0.205. The number of halogens is 2. The molecule has 4 rings (SSSR count). The second-order valence-electron chi connectivity index (χ2n) is 8.09. The summed E-state index contributed by atoms with van der Waals surface area (Å²) in [5.74, 6) is 1.73. The highest BCUT2D eigenvalue weighted by molar-refractivity contribution is 6.39. The van der Waals surface area contributed by atoms with Crippen LogP contribution in [0.3, 0.4) is 0 Å². The van der Waals surface area contributed by atoms with E-state index in [4.69, 9.17) is 43.8 Å². The second kappa shape index (κ2) is 12.4. The highest BCUT2D eigenvalue weighted by atomic mass is 35.5. The lowest BCUT2D eigenvalue weighted by Crippen LogP contribution is -2.54. The average molecular weight is 565 g/mol. The minimum absolute atomic E-state index is 0.0258. The van der Waals surface area contributed by atoms with Crippen LogP contribution in [0.4, 0.5) is 10.5 Å². The van der Waals surface area contributed by atoms with Gasteiger partial charge in [0, 0.05) is 10.6 Å². The number of ether oxygens (including phenoxy) is 3. The second-order valence-corrected chi connectivity index (χ2v) is 8.90. The molecule has 0 unspecified atom stereocenters. The fourth-order valence-electron chi connectivity index (χ4n) is 3.71. The van der Waals surface area contributed by atoms with Crippen molar-refractivity contribution in [2.45, 2.75) is 13.5 Å². The predicted molar refractivity (Wildman–Crippen MR) is 148 cm³/mol. The SMILES string of the molecule is C#CCOc1c(Cl)cc(/C=C2\C(=O)NC(=O)N(c3ccc(OCc4ccccc4Cl)cc3)C2=O)cc1OCC. The zero-order valence-corrected chi connectivity index (χ0v) is 22.2. The minimum Gasteiger partial charge on any atom is -0.490 e. The van der Waals surface area contributed by atoms with Gasteiger partial charge in [-0.2, -0.15) is 0 Å². The number of urea groups is 1. The van der Waals surface area contributed by atoms with Crippen molar-refractivity contribution < 1.29 is 28.6 Å². The first-order chi connectivity index (χ1) is 18.8. The largest absolute Gasteiger partial charge is 0.490 e. The molecule has 0 aliphatic carbocycles. The first kappa shape index (κ1) is 27.6. The maximum Gasteiger partial charge on any atom is 0.335 e. The third kappa shape index (κ3) is 6.34. The summed E-state index contributed by atoms with van der Waals surface area (Å²) in [7, 11) is 0. The zero-order valence-electron chi connectivity index (χ0n) is 20.7. The number of carbonyl (C=O) groups is 3. The van der Waals surface area contributed by atoms with E-state index in [1.165, 1.54) is 24.3 Å². The molecule has 39 heavy (non-hydrogen) atoms. The smallest absolute Gasteiger partial charge is 0.335 e. The van der Waals surface area contributed by atoms with E-state index in [0.29, 0.717) is 22.9 Å². The van der Waals surface area contributed by atoms with Crippen LogP contribution in [0.25, 0.3) is 6.08 Å². The van der Waals surface area contributed by atoms with Gasteiger partial charge in [-0.15, -0.1) is 6.42 Å². The summed E-state index contributed by atoms with van der Waals surface area (Å²) < 4.78 is 16.8. The highest BCUT2D eigenvalue weighted by Crippen LogP contribution is 2.37. The van der Waals surface area contributed by atoms with E-state index in [-0.39, 0.29) is 41.0 Å². The molecular weight excluding hydrogens is 543 g/mol. The molecule has 198 valence electrons. The standard InChI is InChI=1S/C29H22Cl2N2O6/c1-3-13-38-26-24(31)15-18(16-25(26)37-4-2)14-22-27(34)32-29(36)33(28(22)35)20-9-11-21(12-10-20)39-17-19-7-5-6-8-23(19)30/h1,5-12,14-16H,4,13,17H2,2H3,(H,32,34,36)/b22-14+. The molecule has 1 aliphatic rings. The van der Waals surface area contributed by atoms with Crippen LogP contribution in [-0.4, -0.2) is 31.1 Å². The molecule has 0 saturated carbocycles. The molecule has 1 fully saturated rings. The van der Waals surface area contributed by atoms with Gasteiger partial charge >= 0.3 is 6.03 Å². The third-order valence-corrected chi connectivity index (χ3v) is 6.14. The van der Waals surface area contributed by atoms with Gasteiger partial charge in [-0.1, -0.05) is 47.3 Å². The Kier molecular flexibility index (Phi) is 8.77. The van der Waals surface area contributed by atoms with Gasteiger partial charge < -0.3 is 14.2 Å². The molecule has 3 aromatic carbocycles. The number of terminal acetylenes is 1. The maximum absolute atomic E-state index is 13.3. The Morgan fingerprint density at radius 3 is 2.41 bits per heavy atom. The van der Waals surface area contributed by atoms with Crippen molar-refractivity contribution in [2.24, 2.45) is 0 Å². The van der Waals surface area contributed by atoms with Crippen molar-refractivity contribution in [1.29, 1.82) is 0 Å². The van der Waals surface area contributed by atoms with Crippen molar-refractivity contribution in [3.8, 4) is 29.6 Å². The Hall–Kier alpha value is -4.45. The summed E-state index contributed by atoms with van der Waals surface area (Å²) in [4.78, 5) is 39.4. The monoisotopic (exact) mass is 564 g/mol. The molecule has 3 aromatic rings. The van der Waals surface area contributed by atoms with Crippen molar-refractivity contribution in [3.05, 3.63) is 87.4 Å². The highest BCUT2D eigenvalue weighted by Gasteiger charge is 2.37. The van der Waals surface area contributed by atoms with E-state index in [9.17, 15) is 14.4 Å². The van der Waals surface area contributed by atoms with Crippen molar-refractivity contribution in [3.63, 3.8) is 0 Å². The van der Waals surface area contributed by atoms with E-state index in [0.717, 1.165) is 10.5 Å². The van der Waals surface area contributed by atoms with Crippen LogP contribution in [0.5, 0.6) is 17.2 Å². The number of hydrogen-bond donors (Lipinski definition) is 1. The molecule has 4 amide bonds. The first-order valence-corrected chi connectivity index (χ1v) is 12.5. The van der Waals surface area contributed by atoms with Gasteiger partial charge in [0.05, 0.1) is 17.3 Å². The Bertz CT molecular complexity index is 1490. The Balaban J connectivity index is 1.58. The molecule has 0 atom stereocenters.